The van der Waals surface area contributed by atoms with Crippen LogP contribution >= 0.6 is 0 Å². The Kier molecular flexibility index (Phi) is 8.11. The topological polar surface area (TPSA) is 111 Å². The number of nitrogens with zero attached hydrogens (tertiary/aromatic N) is 1. The second kappa shape index (κ2) is 11.9. The summed E-state index contributed by atoms with van der Waals surface area (Å²) in [6, 6.07) is 15.4. The molecule has 0 radical (unpaired) electrons. The zero-order chi connectivity index (χ0) is 28.1. The van der Waals surface area contributed by atoms with Crippen molar-refractivity contribution in [3.63, 3.8) is 0 Å². The number of ether oxygens (including phenoxy) is 3. The smallest absolute Gasteiger partial charge is 0.316 e. The molecular weight excluding hydrogens is 522 g/mol. The normalized spacial score (nSPS) is 19.0. The molecule has 210 valence electrons. The van der Waals surface area contributed by atoms with Crippen LogP contribution in [0, 0.1) is 11.6 Å². The van der Waals surface area contributed by atoms with E-state index in [1.807, 2.05) is 30.3 Å². The van der Waals surface area contributed by atoms with Gasteiger partial charge in [0.25, 0.3) is 0 Å². The Bertz CT molecular complexity index is 1350. The van der Waals surface area contributed by atoms with Crippen LogP contribution in [0.1, 0.15) is 35.6 Å². The van der Waals surface area contributed by atoms with Crippen molar-refractivity contribution in [1.82, 2.24) is 20.9 Å². The number of nitrogens with one attached hydrogen (secondary N) is 3. The van der Waals surface area contributed by atoms with Crippen LogP contribution in [0.5, 0.6) is 11.6 Å². The molecule has 40 heavy (non-hydrogen) atoms. The molecule has 2 fully saturated rings. The lowest BCUT2D eigenvalue weighted by molar-refractivity contribution is -0.120. The molecule has 1 aliphatic carbocycles. The van der Waals surface area contributed by atoms with Gasteiger partial charge in [-0.25, -0.2) is 18.6 Å². The van der Waals surface area contributed by atoms with Crippen molar-refractivity contribution < 1.29 is 32.6 Å². The lowest BCUT2D eigenvalue weighted by Crippen LogP contribution is -2.50. The Labute approximate surface area is 230 Å². The Morgan fingerprint density at radius 2 is 1.82 bits per heavy atom. The molecule has 2 aromatic carbocycles. The zero-order valence-electron chi connectivity index (χ0n) is 21.9. The molecule has 2 heterocycles. The summed E-state index contributed by atoms with van der Waals surface area (Å²) in [5.41, 5.74) is 0.673. The van der Waals surface area contributed by atoms with Crippen LogP contribution in [0.2, 0.25) is 0 Å². The van der Waals surface area contributed by atoms with Crippen molar-refractivity contribution in [3.8, 4) is 11.6 Å². The molecule has 3 aromatic rings. The summed E-state index contributed by atoms with van der Waals surface area (Å²) in [5.74, 6) is -2.74. The molecule has 1 saturated carbocycles. The van der Waals surface area contributed by atoms with E-state index in [0.29, 0.717) is 44.2 Å². The number of halogens is 2. The largest absolute Gasteiger partial charge is 0.497 e. The summed E-state index contributed by atoms with van der Waals surface area (Å²) in [6.07, 6.45) is 1.28. The zero-order valence-corrected chi connectivity index (χ0v) is 21.9. The number of carbonyl (C=O) groups is 2. The fraction of sp³-hybridized carbons (Fsp3) is 0.345. The van der Waals surface area contributed by atoms with Gasteiger partial charge in [-0.15, -0.1) is 0 Å². The highest BCUT2D eigenvalue weighted by molar-refractivity contribution is 5.90. The summed E-state index contributed by atoms with van der Waals surface area (Å²) < 4.78 is 45.7. The van der Waals surface area contributed by atoms with Crippen molar-refractivity contribution in [2.45, 2.75) is 36.9 Å². The van der Waals surface area contributed by atoms with Crippen LogP contribution in [0.25, 0.3) is 0 Å². The van der Waals surface area contributed by atoms with Gasteiger partial charge < -0.3 is 30.2 Å². The first-order chi connectivity index (χ1) is 19.4. The minimum absolute atomic E-state index is 0.0207. The van der Waals surface area contributed by atoms with Gasteiger partial charge in [0.15, 0.2) is 0 Å². The molecule has 2 atom stereocenters. The van der Waals surface area contributed by atoms with Crippen LogP contribution in [-0.2, 0) is 21.7 Å². The summed E-state index contributed by atoms with van der Waals surface area (Å²) in [4.78, 5) is 30.0. The highest BCUT2D eigenvalue weighted by Gasteiger charge is 2.48. The van der Waals surface area contributed by atoms with Crippen molar-refractivity contribution in [1.29, 1.82) is 0 Å². The van der Waals surface area contributed by atoms with Gasteiger partial charge >= 0.3 is 6.03 Å². The van der Waals surface area contributed by atoms with Gasteiger partial charge in [-0.05, 0) is 24.5 Å². The molecule has 2 aliphatic rings. The molecule has 3 amide bonds. The maximum absolute atomic E-state index is 14.7. The molecule has 1 saturated heterocycles. The number of aromatic nitrogens is 1. The number of benzene rings is 2. The van der Waals surface area contributed by atoms with Crippen molar-refractivity contribution in [2.75, 3.05) is 26.9 Å². The van der Waals surface area contributed by atoms with E-state index in [-0.39, 0.29) is 17.9 Å². The first-order valence-corrected chi connectivity index (χ1v) is 13.0. The van der Waals surface area contributed by atoms with E-state index in [1.165, 1.54) is 7.11 Å². The van der Waals surface area contributed by atoms with E-state index in [4.69, 9.17) is 14.2 Å². The molecular formula is C29H30F2N4O5. The van der Waals surface area contributed by atoms with Gasteiger partial charge in [0.05, 0.1) is 31.6 Å². The van der Waals surface area contributed by atoms with Crippen LogP contribution < -0.4 is 25.4 Å². The number of methoxy groups -OCH3 is 1. The number of urea groups is 1. The standard InChI is InChI=1S/C29H30F2N4O5/c1-38-19-14-21(30)25(22(31)15-19)20-16-32-27(36)26(20)34-28(37)35-29(10-11-29)23-8-5-9-24(33-23)40-13-12-39-17-18-6-3-2-4-7-18/h2-9,14-15,20,26H,10-13,16-17H2,1H3,(H,32,36)(H2,34,35,37)/t20-,26-/m0/s1. The number of pyridine rings is 1. The first-order valence-electron chi connectivity index (χ1n) is 13.0. The third kappa shape index (κ3) is 6.15. The molecule has 3 N–H and O–H groups in total. The third-order valence-electron chi connectivity index (χ3n) is 7.03. The van der Waals surface area contributed by atoms with E-state index in [0.717, 1.165) is 17.7 Å². The quantitative estimate of drug-likeness (QED) is 0.314. The van der Waals surface area contributed by atoms with E-state index in [2.05, 4.69) is 20.9 Å². The Balaban J connectivity index is 1.18. The average molecular weight is 553 g/mol. The summed E-state index contributed by atoms with van der Waals surface area (Å²) in [7, 11) is 1.30. The van der Waals surface area contributed by atoms with Gasteiger partial charge in [-0.3, -0.25) is 4.79 Å². The third-order valence-corrected chi connectivity index (χ3v) is 7.03. The highest BCUT2D eigenvalue weighted by atomic mass is 19.1. The maximum Gasteiger partial charge on any atom is 0.316 e. The van der Waals surface area contributed by atoms with Crippen molar-refractivity contribution in [3.05, 3.63) is 89.1 Å². The molecule has 11 heteroatoms. The summed E-state index contributed by atoms with van der Waals surface area (Å²) >= 11 is 0. The number of rotatable bonds is 11. The average Bonchev–Trinajstić information content (AvgIpc) is 3.65. The second-order valence-electron chi connectivity index (χ2n) is 9.76. The Morgan fingerprint density at radius 1 is 1.07 bits per heavy atom. The SMILES string of the molecule is COc1cc(F)c([C@@H]2CNC(=O)[C@H]2NC(=O)NC2(c3cccc(OCCOCc4ccccc4)n3)CC2)c(F)c1. The van der Waals surface area contributed by atoms with Gasteiger partial charge in [0.2, 0.25) is 11.8 Å². The molecule has 0 spiro atoms. The summed E-state index contributed by atoms with van der Waals surface area (Å²) in [6.45, 7) is 1.15. The minimum atomic E-state index is -1.16. The Morgan fingerprint density at radius 3 is 2.52 bits per heavy atom. The predicted molar refractivity (Wildman–Crippen MR) is 141 cm³/mol. The Hall–Kier alpha value is -4.25. The van der Waals surface area contributed by atoms with Gasteiger partial charge in [0, 0.05) is 36.2 Å². The fourth-order valence-electron chi connectivity index (χ4n) is 4.79. The predicted octanol–water partition coefficient (Wildman–Crippen LogP) is 3.53. The highest BCUT2D eigenvalue weighted by Crippen LogP contribution is 2.45. The number of hydrogen-bond acceptors (Lipinski definition) is 6. The number of amides is 3. The molecule has 5 rings (SSSR count). The molecule has 0 bridgehead atoms. The molecule has 9 nitrogen and oxygen atoms in total. The van der Waals surface area contributed by atoms with Crippen LogP contribution in [0.15, 0.2) is 60.7 Å². The van der Waals surface area contributed by atoms with E-state index >= 15 is 0 Å². The lowest BCUT2D eigenvalue weighted by Gasteiger charge is -2.23. The van der Waals surface area contributed by atoms with Crippen LogP contribution in [0.3, 0.4) is 0 Å². The molecule has 1 aliphatic heterocycles. The number of carbonyl (C=O) groups excluding carboxylic acids is 2. The second-order valence-corrected chi connectivity index (χ2v) is 9.76. The lowest BCUT2D eigenvalue weighted by atomic mass is 9.93. The minimum Gasteiger partial charge on any atom is -0.497 e. The molecule has 0 unspecified atom stereocenters. The van der Waals surface area contributed by atoms with Gasteiger partial charge in [-0.2, -0.15) is 0 Å². The maximum atomic E-state index is 14.7. The fourth-order valence-corrected chi connectivity index (χ4v) is 4.79. The van der Waals surface area contributed by atoms with Crippen LogP contribution in [-0.4, -0.2) is 49.8 Å². The summed E-state index contributed by atoms with van der Waals surface area (Å²) in [5, 5.41) is 8.07. The van der Waals surface area contributed by atoms with Crippen molar-refractivity contribution >= 4 is 11.9 Å². The van der Waals surface area contributed by atoms with Crippen LogP contribution in [0.4, 0.5) is 13.6 Å². The monoisotopic (exact) mass is 552 g/mol. The number of hydrogen-bond donors (Lipinski definition) is 3. The van der Waals surface area contributed by atoms with E-state index < -0.39 is 41.1 Å². The molecule has 1 aromatic heterocycles. The van der Waals surface area contributed by atoms with Gasteiger partial charge in [-0.1, -0.05) is 36.4 Å². The van der Waals surface area contributed by atoms with Crippen molar-refractivity contribution in [2.24, 2.45) is 0 Å². The van der Waals surface area contributed by atoms with E-state index in [1.54, 1.807) is 18.2 Å². The van der Waals surface area contributed by atoms with E-state index in [9.17, 15) is 18.4 Å². The van der Waals surface area contributed by atoms with Gasteiger partial charge in [0.1, 0.15) is 30.0 Å². The first kappa shape index (κ1) is 27.3.